The molecule has 3 nitrogen and oxygen atoms in total. The molecule has 0 aliphatic heterocycles. The maximum absolute atomic E-state index is 11.4. The number of halogens is 1. The van der Waals surface area contributed by atoms with E-state index >= 15 is 0 Å². The lowest BCUT2D eigenvalue weighted by molar-refractivity contribution is -0.138. The molecule has 0 atom stereocenters. The van der Waals surface area contributed by atoms with E-state index in [2.05, 4.69) is 4.98 Å². The van der Waals surface area contributed by atoms with E-state index in [0.29, 0.717) is 10.0 Å². The van der Waals surface area contributed by atoms with Crippen LogP contribution in [-0.2, 0) is 16.1 Å². The van der Waals surface area contributed by atoms with Crippen molar-refractivity contribution < 1.29 is 9.53 Å². The number of hydrogen-bond acceptors (Lipinski definition) is 4. The standard InChI is InChI=1S/C13H10ClNO2S/c14-12-6-5-11(18-12)9-17-13(16)7-4-10-3-1-2-8-15-10/h1-8H,9H2/b7-4+. The molecule has 0 saturated heterocycles. The Bertz CT molecular complexity index is 551. The number of rotatable bonds is 4. The number of aromatic nitrogens is 1. The van der Waals surface area contributed by atoms with E-state index in [1.165, 1.54) is 17.4 Å². The summed E-state index contributed by atoms with van der Waals surface area (Å²) in [5.74, 6) is -0.398. The Morgan fingerprint density at radius 3 is 2.94 bits per heavy atom. The first-order valence-corrected chi connectivity index (χ1v) is 6.43. The third-order valence-electron chi connectivity index (χ3n) is 2.06. The van der Waals surface area contributed by atoms with Gasteiger partial charge in [0.15, 0.2) is 0 Å². The number of carbonyl (C=O) groups is 1. The molecule has 18 heavy (non-hydrogen) atoms. The maximum atomic E-state index is 11.4. The average Bonchev–Trinajstić information content (AvgIpc) is 2.81. The van der Waals surface area contributed by atoms with E-state index < -0.39 is 5.97 Å². The van der Waals surface area contributed by atoms with Gasteiger partial charge in [-0.2, -0.15) is 0 Å². The number of carbonyl (C=O) groups excluding carboxylic acids is 1. The maximum Gasteiger partial charge on any atom is 0.331 e. The van der Waals surface area contributed by atoms with Gasteiger partial charge in [0.1, 0.15) is 6.61 Å². The molecule has 2 rings (SSSR count). The Morgan fingerprint density at radius 2 is 2.28 bits per heavy atom. The molecule has 0 saturated carbocycles. The summed E-state index contributed by atoms with van der Waals surface area (Å²) in [6.45, 7) is 0.239. The van der Waals surface area contributed by atoms with Crippen LogP contribution in [0.5, 0.6) is 0 Å². The summed E-state index contributed by atoms with van der Waals surface area (Å²) in [6.07, 6.45) is 4.64. The highest BCUT2D eigenvalue weighted by molar-refractivity contribution is 7.16. The monoisotopic (exact) mass is 279 g/mol. The fourth-order valence-electron chi connectivity index (χ4n) is 1.25. The van der Waals surface area contributed by atoms with E-state index in [-0.39, 0.29) is 6.61 Å². The molecule has 0 radical (unpaired) electrons. The molecule has 2 heterocycles. The van der Waals surface area contributed by atoms with Crippen LogP contribution >= 0.6 is 22.9 Å². The van der Waals surface area contributed by atoms with Crippen LogP contribution in [0.4, 0.5) is 0 Å². The predicted octanol–water partition coefficient (Wildman–Crippen LogP) is 3.55. The SMILES string of the molecule is O=C(/C=C/c1ccccn1)OCc1ccc(Cl)s1. The van der Waals surface area contributed by atoms with Crippen LogP contribution in [0, 0.1) is 0 Å². The van der Waals surface area contributed by atoms with Crippen LogP contribution in [0.3, 0.4) is 0 Å². The molecule has 5 heteroatoms. The van der Waals surface area contributed by atoms with E-state index in [1.54, 1.807) is 18.3 Å². The van der Waals surface area contributed by atoms with Crippen molar-refractivity contribution in [3.63, 3.8) is 0 Å². The Balaban J connectivity index is 1.84. The van der Waals surface area contributed by atoms with Gasteiger partial charge in [-0.05, 0) is 30.3 Å². The molecule has 0 amide bonds. The molecule has 92 valence electrons. The summed E-state index contributed by atoms with van der Waals surface area (Å²) >= 11 is 7.17. The third-order valence-corrected chi connectivity index (χ3v) is 3.27. The van der Waals surface area contributed by atoms with Crippen molar-refractivity contribution in [1.29, 1.82) is 0 Å². The van der Waals surface area contributed by atoms with E-state index in [9.17, 15) is 4.79 Å². The summed E-state index contributed by atoms with van der Waals surface area (Å²) in [5, 5.41) is 0. The summed E-state index contributed by atoms with van der Waals surface area (Å²) in [5.41, 5.74) is 0.716. The number of esters is 1. The van der Waals surface area contributed by atoms with Gasteiger partial charge in [-0.1, -0.05) is 17.7 Å². The first kappa shape index (κ1) is 12.8. The van der Waals surface area contributed by atoms with Crippen molar-refractivity contribution in [1.82, 2.24) is 4.98 Å². The first-order chi connectivity index (χ1) is 8.74. The fraction of sp³-hybridized carbons (Fsp3) is 0.0769. The molecule has 0 N–H and O–H groups in total. The zero-order valence-corrected chi connectivity index (χ0v) is 10.9. The molecule has 2 aromatic rings. The van der Waals surface area contributed by atoms with Gasteiger partial charge in [0, 0.05) is 17.2 Å². The summed E-state index contributed by atoms with van der Waals surface area (Å²) in [6, 6.07) is 9.09. The lowest BCUT2D eigenvalue weighted by Crippen LogP contribution is -1.99. The van der Waals surface area contributed by atoms with Crippen molar-refractivity contribution in [2.75, 3.05) is 0 Å². The second kappa shape index (κ2) is 6.33. The molecule has 0 bridgehead atoms. The molecule has 0 aromatic carbocycles. The Kier molecular flexibility index (Phi) is 4.50. The van der Waals surface area contributed by atoms with E-state index in [0.717, 1.165) is 4.88 Å². The van der Waals surface area contributed by atoms with Crippen molar-refractivity contribution >= 4 is 35.0 Å². The minimum absolute atomic E-state index is 0.239. The van der Waals surface area contributed by atoms with Crippen LogP contribution in [0.2, 0.25) is 4.34 Å². The largest absolute Gasteiger partial charge is 0.457 e. The molecule has 0 unspecified atom stereocenters. The van der Waals surface area contributed by atoms with Gasteiger partial charge in [-0.15, -0.1) is 11.3 Å². The quantitative estimate of drug-likeness (QED) is 0.635. The number of ether oxygens (including phenoxy) is 1. The number of pyridine rings is 1. The number of thiophene rings is 1. The summed E-state index contributed by atoms with van der Waals surface area (Å²) in [7, 11) is 0. The zero-order valence-electron chi connectivity index (χ0n) is 9.38. The highest BCUT2D eigenvalue weighted by atomic mass is 35.5. The van der Waals surface area contributed by atoms with Crippen LogP contribution in [0.1, 0.15) is 10.6 Å². The molecule has 0 spiro atoms. The Hall–Kier alpha value is -1.65. The van der Waals surface area contributed by atoms with Crippen molar-refractivity contribution in [3.8, 4) is 0 Å². The van der Waals surface area contributed by atoms with E-state index in [4.69, 9.17) is 16.3 Å². The van der Waals surface area contributed by atoms with Crippen LogP contribution in [-0.4, -0.2) is 11.0 Å². The molecule has 0 fully saturated rings. The normalized spacial score (nSPS) is 10.7. The second-order valence-corrected chi connectivity index (χ2v) is 5.20. The lowest BCUT2D eigenvalue weighted by Gasteiger charge is -1.98. The van der Waals surface area contributed by atoms with Crippen molar-refractivity contribution in [3.05, 3.63) is 57.5 Å². The van der Waals surface area contributed by atoms with Crippen LogP contribution < -0.4 is 0 Å². The fourth-order valence-corrected chi connectivity index (χ4v) is 2.25. The Labute approximate surface area is 114 Å². The zero-order chi connectivity index (χ0) is 12.8. The molecule has 0 aliphatic carbocycles. The van der Waals surface area contributed by atoms with Gasteiger partial charge in [0.05, 0.1) is 10.0 Å². The highest BCUT2D eigenvalue weighted by Gasteiger charge is 2.01. The van der Waals surface area contributed by atoms with Gasteiger partial charge >= 0.3 is 5.97 Å². The van der Waals surface area contributed by atoms with Crippen molar-refractivity contribution in [2.24, 2.45) is 0 Å². The van der Waals surface area contributed by atoms with Gasteiger partial charge in [-0.25, -0.2) is 4.79 Å². The number of hydrogen-bond donors (Lipinski definition) is 0. The Morgan fingerprint density at radius 1 is 1.39 bits per heavy atom. The topological polar surface area (TPSA) is 39.2 Å². The molecular weight excluding hydrogens is 270 g/mol. The van der Waals surface area contributed by atoms with Gasteiger partial charge < -0.3 is 4.74 Å². The smallest absolute Gasteiger partial charge is 0.331 e. The molecular formula is C13H10ClNO2S. The number of nitrogens with zero attached hydrogens (tertiary/aromatic N) is 1. The summed E-state index contributed by atoms with van der Waals surface area (Å²) < 4.78 is 5.75. The van der Waals surface area contributed by atoms with Gasteiger partial charge in [0.2, 0.25) is 0 Å². The van der Waals surface area contributed by atoms with Crippen LogP contribution in [0.15, 0.2) is 42.6 Å². The molecule has 2 aromatic heterocycles. The second-order valence-electron chi connectivity index (χ2n) is 3.40. The predicted molar refractivity (Wildman–Crippen MR) is 72.4 cm³/mol. The minimum atomic E-state index is -0.398. The average molecular weight is 280 g/mol. The van der Waals surface area contributed by atoms with Gasteiger partial charge in [0.25, 0.3) is 0 Å². The highest BCUT2D eigenvalue weighted by Crippen LogP contribution is 2.21. The van der Waals surface area contributed by atoms with Crippen molar-refractivity contribution in [2.45, 2.75) is 6.61 Å². The van der Waals surface area contributed by atoms with Gasteiger partial charge in [-0.3, -0.25) is 4.98 Å². The minimum Gasteiger partial charge on any atom is -0.457 e. The summed E-state index contributed by atoms with van der Waals surface area (Å²) in [4.78, 5) is 16.4. The first-order valence-electron chi connectivity index (χ1n) is 5.24. The third kappa shape index (κ3) is 3.98. The molecule has 0 aliphatic rings. The van der Waals surface area contributed by atoms with Crippen LogP contribution in [0.25, 0.3) is 6.08 Å². The lowest BCUT2D eigenvalue weighted by atomic mass is 10.3. The van der Waals surface area contributed by atoms with E-state index in [1.807, 2.05) is 24.3 Å².